The van der Waals surface area contributed by atoms with Gasteiger partial charge in [0.25, 0.3) is 0 Å². The van der Waals surface area contributed by atoms with Crippen molar-refractivity contribution in [1.82, 2.24) is 5.43 Å². The van der Waals surface area contributed by atoms with Crippen molar-refractivity contribution >= 4 is 27.3 Å². The van der Waals surface area contributed by atoms with Crippen molar-refractivity contribution in [1.29, 1.82) is 0 Å². The summed E-state index contributed by atoms with van der Waals surface area (Å²) in [4.78, 5) is 1.06. The van der Waals surface area contributed by atoms with Gasteiger partial charge in [-0.25, -0.2) is 5.43 Å². The third-order valence-corrected chi connectivity index (χ3v) is 5.05. The van der Waals surface area contributed by atoms with Crippen LogP contribution in [0.5, 0.6) is 17.2 Å². The maximum absolute atomic E-state index is 5.76. The number of nitrogens with one attached hydrogen (secondary N) is 1. The van der Waals surface area contributed by atoms with E-state index in [9.17, 15) is 0 Å². The molecule has 1 aromatic heterocycles. The first-order chi connectivity index (χ1) is 10.2. The van der Waals surface area contributed by atoms with Crippen LogP contribution < -0.4 is 25.5 Å². The summed E-state index contributed by atoms with van der Waals surface area (Å²) in [6.07, 6.45) is 0. The molecular weight excluding hydrogens is 356 g/mol. The minimum absolute atomic E-state index is 0.214. The van der Waals surface area contributed by atoms with Crippen LogP contribution in [0.2, 0.25) is 0 Å². The molecule has 1 heterocycles. The Morgan fingerprint density at radius 2 is 1.81 bits per heavy atom. The maximum atomic E-state index is 5.76. The average molecular weight is 373 g/mol. The lowest BCUT2D eigenvalue weighted by Crippen LogP contribution is -2.28. The Hall–Kier alpha value is -1.28. The molecule has 0 bridgehead atoms. The Bertz CT molecular complexity index is 618. The molecule has 3 N–H and O–H groups in total. The Kier molecular flexibility index (Phi) is 5.46. The smallest absolute Gasteiger partial charge is 0.203 e. The molecule has 2 aromatic rings. The first kappa shape index (κ1) is 16.1. The number of thiophene rings is 1. The molecule has 7 heteroatoms. The molecule has 21 heavy (non-hydrogen) atoms. The third kappa shape index (κ3) is 3.01. The predicted octanol–water partition coefficient (Wildman–Crippen LogP) is 3.09. The zero-order chi connectivity index (χ0) is 15.4. The van der Waals surface area contributed by atoms with Crippen molar-refractivity contribution in [2.24, 2.45) is 5.84 Å². The number of methoxy groups -OCH3 is 3. The lowest BCUT2D eigenvalue weighted by Gasteiger charge is -2.21. The molecule has 0 aliphatic rings. The number of rotatable bonds is 6. The molecule has 0 aliphatic heterocycles. The molecule has 114 valence electrons. The first-order valence-electron chi connectivity index (χ1n) is 6.15. The summed E-state index contributed by atoms with van der Waals surface area (Å²) in [5.41, 5.74) is 3.70. The number of hydrogen-bond acceptors (Lipinski definition) is 6. The molecule has 0 fully saturated rings. The van der Waals surface area contributed by atoms with Gasteiger partial charge in [0.2, 0.25) is 5.75 Å². The maximum Gasteiger partial charge on any atom is 0.203 e. The lowest BCUT2D eigenvalue weighted by atomic mass is 10.0. The number of hydrazine groups is 1. The number of halogens is 1. The molecule has 0 radical (unpaired) electrons. The summed E-state index contributed by atoms with van der Waals surface area (Å²) in [6, 6.07) is 5.52. The van der Waals surface area contributed by atoms with Crippen molar-refractivity contribution in [3.05, 3.63) is 38.5 Å². The molecule has 0 spiro atoms. The minimum Gasteiger partial charge on any atom is -0.493 e. The zero-order valence-corrected chi connectivity index (χ0v) is 14.4. The van der Waals surface area contributed by atoms with Crippen LogP contribution in [0.25, 0.3) is 0 Å². The molecular formula is C14H17BrN2O3S. The van der Waals surface area contributed by atoms with Crippen LogP contribution in [0.15, 0.2) is 28.1 Å². The topological polar surface area (TPSA) is 65.7 Å². The van der Waals surface area contributed by atoms with E-state index in [1.165, 1.54) is 0 Å². The van der Waals surface area contributed by atoms with Crippen molar-refractivity contribution < 1.29 is 14.2 Å². The van der Waals surface area contributed by atoms with Gasteiger partial charge in [0.15, 0.2) is 11.5 Å². The average Bonchev–Trinajstić information content (AvgIpc) is 2.93. The van der Waals surface area contributed by atoms with Gasteiger partial charge in [0.1, 0.15) is 0 Å². The van der Waals surface area contributed by atoms with Crippen molar-refractivity contribution in [2.45, 2.75) is 6.04 Å². The molecule has 0 aliphatic carbocycles. The second kappa shape index (κ2) is 7.13. The highest BCUT2D eigenvalue weighted by molar-refractivity contribution is 9.10. The Morgan fingerprint density at radius 3 is 2.29 bits per heavy atom. The highest BCUT2D eigenvalue weighted by Gasteiger charge is 2.24. The summed E-state index contributed by atoms with van der Waals surface area (Å²) in [6.45, 7) is 0. The molecule has 0 saturated carbocycles. The van der Waals surface area contributed by atoms with Crippen LogP contribution in [0.3, 0.4) is 0 Å². The van der Waals surface area contributed by atoms with Crippen LogP contribution in [-0.4, -0.2) is 21.3 Å². The van der Waals surface area contributed by atoms with Crippen LogP contribution in [-0.2, 0) is 0 Å². The normalized spacial score (nSPS) is 12.0. The monoisotopic (exact) mass is 372 g/mol. The fourth-order valence-corrected chi connectivity index (χ4v) is 3.85. The second-order valence-corrected chi connectivity index (χ2v) is 5.96. The van der Waals surface area contributed by atoms with Gasteiger partial charge < -0.3 is 14.2 Å². The van der Waals surface area contributed by atoms with Crippen molar-refractivity contribution in [2.75, 3.05) is 21.3 Å². The highest BCUT2D eigenvalue weighted by Crippen LogP contribution is 2.44. The van der Waals surface area contributed by atoms with E-state index >= 15 is 0 Å². The van der Waals surface area contributed by atoms with Crippen molar-refractivity contribution in [3.63, 3.8) is 0 Å². The van der Waals surface area contributed by atoms with Gasteiger partial charge in [0.05, 0.1) is 27.4 Å². The fraction of sp³-hybridized carbons (Fsp3) is 0.286. The van der Waals surface area contributed by atoms with Crippen molar-refractivity contribution in [3.8, 4) is 17.2 Å². The van der Waals surface area contributed by atoms with E-state index in [2.05, 4.69) is 21.4 Å². The molecule has 2 rings (SSSR count). The third-order valence-electron chi connectivity index (χ3n) is 3.12. The van der Waals surface area contributed by atoms with E-state index < -0.39 is 0 Å². The lowest BCUT2D eigenvalue weighted by molar-refractivity contribution is 0.320. The molecule has 0 saturated heterocycles. The fourth-order valence-electron chi connectivity index (χ4n) is 2.17. The minimum atomic E-state index is -0.214. The standard InChI is InChI=1S/C14H17BrN2O3S/c1-18-10-5-4-8(12(19-2)13(10)20-3)11(17-16)14-9(15)6-7-21-14/h4-7,11,17H,16H2,1-3H3. The van der Waals surface area contributed by atoms with Gasteiger partial charge in [-0.05, 0) is 39.5 Å². The summed E-state index contributed by atoms with van der Waals surface area (Å²) in [7, 11) is 4.76. The van der Waals surface area contributed by atoms with Gasteiger partial charge in [-0.15, -0.1) is 11.3 Å². The van der Waals surface area contributed by atoms with Gasteiger partial charge in [-0.3, -0.25) is 5.84 Å². The Labute approximate surface area is 136 Å². The quantitative estimate of drug-likeness (QED) is 0.602. The summed E-state index contributed by atoms with van der Waals surface area (Å²) >= 11 is 5.14. The Morgan fingerprint density at radius 1 is 1.10 bits per heavy atom. The first-order valence-corrected chi connectivity index (χ1v) is 7.83. The van der Waals surface area contributed by atoms with Crippen LogP contribution in [0.1, 0.15) is 16.5 Å². The van der Waals surface area contributed by atoms with E-state index in [0.717, 1.165) is 14.9 Å². The number of ether oxygens (including phenoxy) is 3. The van der Waals surface area contributed by atoms with Crippen LogP contribution >= 0.6 is 27.3 Å². The SMILES string of the molecule is COc1ccc(C(NN)c2sccc2Br)c(OC)c1OC. The number of hydrogen-bond donors (Lipinski definition) is 2. The van der Waals surface area contributed by atoms with E-state index in [1.54, 1.807) is 32.7 Å². The van der Waals surface area contributed by atoms with Gasteiger partial charge >= 0.3 is 0 Å². The second-order valence-electron chi connectivity index (χ2n) is 4.16. The summed E-state index contributed by atoms with van der Waals surface area (Å²) < 4.78 is 17.2. The van der Waals surface area contributed by atoms with E-state index in [4.69, 9.17) is 20.1 Å². The van der Waals surface area contributed by atoms with Gasteiger partial charge in [-0.2, -0.15) is 0 Å². The van der Waals surface area contributed by atoms with E-state index in [0.29, 0.717) is 17.2 Å². The predicted molar refractivity (Wildman–Crippen MR) is 87.3 cm³/mol. The molecule has 5 nitrogen and oxygen atoms in total. The molecule has 1 aromatic carbocycles. The molecule has 1 atom stereocenters. The molecule has 0 amide bonds. The van der Waals surface area contributed by atoms with E-state index in [1.807, 2.05) is 23.6 Å². The van der Waals surface area contributed by atoms with Gasteiger partial charge in [-0.1, -0.05) is 0 Å². The summed E-state index contributed by atoms with van der Waals surface area (Å²) in [5.74, 6) is 7.51. The zero-order valence-electron chi connectivity index (χ0n) is 12.0. The largest absolute Gasteiger partial charge is 0.493 e. The highest BCUT2D eigenvalue weighted by atomic mass is 79.9. The van der Waals surface area contributed by atoms with Gasteiger partial charge in [0, 0.05) is 14.9 Å². The molecule has 1 unspecified atom stereocenters. The summed E-state index contributed by atoms with van der Waals surface area (Å²) in [5, 5.41) is 2.00. The van der Waals surface area contributed by atoms with Crippen LogP contribution in [0, 0.1) is 0 Å². The van der Waals surface area contributed by atoms with E-state index in [-0.39, 0.29) is 6.04 Å². The Balaban J connectivity index is 2.59. The number of nitrogens with two attached hydrogens (primary N) is 1. The van der Waals surface area contributed by atoms with Crippen LogP contribution in [0.4, 0.5) is 0 Å². The number of benzene rings is 1.